The van der Waals surface area contributed by atoms with Crippen LogP contribution in [0.15, 0.2) is 24.3 Å². The fourth-order valence-corrected chi connectivity index (χ4v) is 2.01. The lowest BCUT2D eigenvalue weighted by Gasteiger charge is -2.26. The van der Waals surface area contributed by atoms with Crippen molar-refractivity contribution in [2.75, 3.05) is 11.4 Å². The van der Waals surface area contributed by atoms with Crippen LogP contribution in [0.2, 0.25) is 0 Å². The van der Waals surface area contributed by atoms with Gasteiger partial charge in [-0.3, -0.25) is 9.59 Å². The molecule has 0 aromatic heterocycles. The minimum Gasteiger partial charge on any atom is -0.305 e. The zero-order chi connectivity index (χ0) is 12.4. The maximum atomic E-state index is 11.8. The largest absolute Gasteiger partial charge is 0.305 e. The molecule has 0 aliphatic carbocycles. The molecule has 2 rings (SSSR count). The summed E-state index contributed by atoms with van der Waals surface area (Å²) in [5.74, 6) is 0.607. The molecule has 3 nitrogen and oxygen atoms in total. The average molecular weight is 231 g/mol. The second-order valence-corrected chi connectivity index (χ2v) is 4.77. The summed E-state index contributed by atoms with van der Waals surface area (Å²) in [6, 6.07) is 7.88. The number of rotatable bonds is 2. The van der Waals surface area contributed by atoms with Crippen LogP contribution in [0.3, 0.4) is 0 Å². The number of carbonyl (C=O) groups is 2. The third kappa shape index (κ3) is 2.54. The molecular weight excluding hydrogens is 214 g/mol. The number of anilines is 1. The van der Waals surface area contributed by atoms with Crippen LogP contribution in [0.5, 0.6) is 0 Å². The van der Waals surface area contributed by atoms with Crippen LogP contribution in [-0.2, 0) is 9.59 Å². The van der Waals surface area contributed by atoms with Crippen molar-refractivity contribution in [2.24, 2.45) is 0 Å². The molecule has 1 saturated heterocycles. The molecular formula is C14H17NO2. The summed E-state index contributed by atoms with van der Waals surface area (Å²) in [6.07, 6.45) is 0.726. The molecule has 0 unspecified atom stereocenters. The molecule has 0 N–H and O–H groups in total. The summed E-state index contributed by atoms with van der Waals surface area (Å²) in [5.41, 5.74) is 2.03. The van der Waals surface area contributed by atoms with Gasteiger partial charge in [-0.15, -0.1) is 0 Å². The van der Waals surface area contributed by atoms with E-state index in [1.165, 1.54) is 5.56 Å². The van der Waals surface area contributed by atoms with Gasteiger partial charge in [0.1, 0.15) is 0 Å². The highest BCUT2D eigenvalue weighted by Gasteiger charge is 2.24. The van der Waals surface area contributed by atoms with E-state index in [1.807, 2.05) is 24.3 Å². The number of piperidine rings is 1. The lowest BCUT2D eigenvalue weighted by Crippen LogP contribution is -2.40. The first-order valence-electron chi connectivity index (χ1n) is 6.00. The number of hydrogen-bond acceptors (Lipinski definition) is 2. The van der Waals surface area contributed by atoms with Gasteiger partial charge >= 0.3 is 0 Å². The predicted octanol–water partition coefficient (Wildman–Crippen LogP) is 2.51. The molecule has 3 heteroatoms. The average Bonchev–Trinajstić information content (AvgIpc) is 2.32. The van der Waals surface area contributed by atoms with Gasteiger partial charge in [0.05, 0.1) is 6.54 Å². The minimum absolute atomic E-state index is 0.0468. The van der Waals surface area contributed by atoms with Crippen molar-refractivity contribution in [3.05, 3.63) is 29.8 Å². The first-order valence-corrected chi connectivity index (χ1v) is 6.00. The third-order valence-electron chi connectivity index (χ3n) is 3.10. The molecule has 17 heavy (non-hydrogen) atoms. The van der Waals surface area contributed by atoms with Gasteiger partial charge < -0.3 is 4.90 Å². The molecule has 1 amide bonds. The van der Waals surface area contributed by atoms with Gasteiger partial charge in [-0.25, -0.2) is 0 Å². The molecule has 1 aromatic rings. The van der Waals surface area contributed by atoms with Gasteiger partial charge in [-0.2, -0.15) is 0 Å². The summed E-state index contributed by atoms with van der Waals surface area (Å²) in [5, 5.41) is 0. The zero-order valence-electron chi connectivity index (χ0n) is 10.3. The van der Waals surface area contributed by atoms with E-state index < -0.39 is 0 Å². The van der Waals surface area contributed by atoms with Crippen LogP contribution < -0.4 is 4.90 Å². The van der Waals surface area contributed by atoms with Crippen molar-refractivity contribution >= 4 is 17.4 Å². The van der Waals surface area contributed by atoms with E-state index >= 15 is 0 Å². The van der Waals surface area contributed by atoms with E-state index in [-0.39, 0.29) is 18.2 Å². The molecule has 1 aromatic carbocycles. The van der Waals surface area contributed by atoms with Crippen LogP contribution in [0, 0.1) is 0 Å². The molecule has 0 spiro atoms. The van der Waals surface area contributed by atoms with E-state index in [2.05, 4.69) is 13.8 Å². The van der Waals surface area contributed by atoms with Crippen molar-refractivity contribution in [1.82, 2.24) is 0 Å². The van der Waals surface area contributed by atoms with Crippen molar-refractivity contribution in [2.45, 2.75) is 32.6 Å². The molecule has 1 fully saturated rings. The van der Waals surface area contributed by atoms with Gasteiger partial charge in [-0.05, 0) is 23.6 Å². The van der Waals surface area contributed by atoms with E-state index in [0.717, 1.165) is 5.69 Å². The predicted molar refractivity (Wildman–Crippen MR) is 67.1 cm³/mol. The molecule has 1 aliphatic rings. The number of benzene rings is 1. The third-order valence-corrected chi connectivity index (χ3v) is 3.10. The molecule has 0 radical (unpaired) electrons. The summed E-state index contributed by atoms with van der Waals surface area (Å²) in [4.78, 5) is 24.8. The Morgan fingerprint density at radius 1 is 1.18 bits per heavy atom. The monoisotopic (exact) mass is 231 g/mol. The fraction of sp³-hybridized carbons (Fsp3) is 0.429. The summed E-state index contributed by atoms with van der Waals surface area (Å²) >= 11 is 0. The highest BCUT2D eigenvalue weighted by Crippen LogP contribution is 2.24. The second kappa shape index (κ2) is 4.70. The number of hydrogen-bond donors (Lipinski definition) is 0. The highest BCUT2D eigenvalue weighted by molar-refractivity contribution is 6.04. The van der Waals surface area contributed by atoms with E-state index in [0.29, 0.717) is 18.8 Å². The summed E-state index contributed by atoms with van der Waals surface area (Å²) < 4.78 is 0. The quantitative estimate of drug-likeness (QED) is 0.784. The summed E-state index contributed by atoms with van der Waals surface area (Å²) in [7, 11) is 0. The van der Waals surface area contributed by atoms with Crippen molar-refractivity contribution < 1.29 is 9.59 Å². The van der Waals surface area contributed by atoms with E-state index in [4.69, 9.17) is 0 Å². The Kier molecular flexibility index (Phi) is 3.27. The van der Waals surface area contributed by atoms with Gasteiger partial charge in [0.25, 0.3) is 0 Å². The minimum atomic E-state index is 0.0468. The van der Waals surface area contributed by atoms with Crippen LogP contribution >= 0.6 is 0 Å². The Labute approximate surface area is 101 Å². The van der Waals surface area contributed by atoms with Gasteiger partial charge in [0, 0.05) is 18.5 Å². The molecule has 0 saturated carbocycles. The number of amides is 1. The van der Waals surface area contributed by atoms with E-state index in [9.17, 15) is 9.59 Å². The maximum absolute atomic E-state index is 11.8. The van der Waals surface area contributed by atoms with Gasteiger partial charge in [-0.1, -0.05) is 26.0 Å². The number of Topliss-reactive ketones (excluding diaryl/α,β-unsaturated/α-hetero) is 1. The van der Waals surface area contributed by atoms with Gasteiger partial charge in [0.2, 0.25) is 5.91 Å². The van der Waals surface area contributed by atoms with Crippen molar-refractivity contribution in [1.29, 1.82) is 0 Å². The first kappa shape index (κ1) is 11.8. The van der Waals surface area contributed by atoms with Crippen LogP contribution in [0.1, 0.15) is 38.2 Å². The molecule has 1 heterocycles. The molecule has 0 atom stereocenters. The smallest absolute Gasteiger partial charge is 0.227 e. The van der Waals surface area contributed by atoms with Crippen LogP contribution in [0.25, 0.3) is 0 Å². The SMILES string of the molecule is CC(C)c1cccc(N2CC(=O)CCC2=O)c1. The maximum Gasteiger partial charge on any atom is 0.227 e. The van der Waals surface area contributed by atoms with Crippen molar-refractivity contribution in [3.8, 4) is 0 Å². The zero-order valence-corrected chi connectivity index (χ0v) is 10.3. The topological polar surface area (TPSA) is 37.4 Å². The molecule has 0 bridgehead atoms. The standard InChI is InChI=1S/C14H17NO2/c1-10(2)11-4-3-5-12(8-11)15-9-13(16)6-7-14(15)17/h3-5,8,10H,6-7,9H2,1-2H3. The highest BCUT2D eigenvalue weighted by atomic mass is 16.2. The fourth-order valence-electron chi connectivity index (χ4n) is 2.01. The Bertz CT molecular complexity index is 451. The lowest BCUT2D eigenvalue weighted by atomic mass is 10.0. The van der Waals surface area contributed by atoms with Crippen LogP contribution in [-0.4, -0.2) is 18.2 Å². The number of ketones is 1. The first-order chi connectivity index (χ1) is 8.08. The Morgan fingerprint density at radius 3 is 2.65 bits per heavy atom. The normalized spacial score (nSPS) is 16.8. The Balaban J connectivity index is 2.29. The van der Waals surface area contributed by atoms with Crippen LogP contribution in [0.4, 0.5) is 5.69 Å². The van der Waals surface area contributed by atoms with Gasteiger partial charge in [0.15, 0.2) is 5.78 Å². The van der Waals surface area contributed by atoms with Crippen molar-refractivity contribution in [3.63, 3.8) is 0 Å². The Hall–Kier alpha value is -1.64. The molecule has 1 aliphatic heterocycles. The summed E-state index contributed by atoms with van der Waals surface area (Å²) in [6.45, 7) is 4.45. The van der Waals surface area contributed by atoms with E-state index in [1.54, 1.807) is 4.90 Å². The lowest BCUT2D eigenvalue weighted by molar-refractivity contribution is -0.127. The molecule has 90 valence electrons. The number of nitrogens with zero attached hydrogens (tertiary/aromatic N) is 1. The Morgan fingerprint density at radius 2 is 1.94 bits per heavy atom. The second-order valence-electron chi connectivity index (χ2n) is 4.77. The number of carbonyl (C=O) groups excluding carboxylic acids is 2.